The summed E-state index contributed by atoms with van der Waals surface area (Å²) < 4.78 is 11.2. The highest BCUT2D eigenvalue weighted by molar-refractivity contribution is 5.80. The van der Waals surface area contributed by atoms with Crippen LogP contribution in [0.5, 0.6) is 11.5 Å². The van der Waals surface area contributed by atoms with Crippen molar-refractivity contribution in [1.29, 1.82) is 0 Å². The van der Waals surface area contributed by atoms with E-state index >= 15 is 0 Å². The molecule has 0 bridgehead atoms. The fraction of sp³-hybridized carbons (Fsp3) is 0.107. The number of aromatic amines is 1. The summed E-state index contributed by atoms with van der Waals surface area (Å²) >= 11 is 0. The predicted octanol–water partition coefficient (Wildman–Crippen LogP) is 4.82. The monoisotopic (exact) mass is 460 g/mol. The second-order valence-electron chi connectivity index (χ2n) is 8.66. The summed E-state index contributed by atoms with van der Waals surface area (Å²) in [6.45, 7) is 0.651. The van der Waals surface area contributed by atoms with Gasteiger partial charge in [-0.1, -0.05) is 24.3 Å². The molecule has 0 saturated heterocycles. The van der Waals surface area contributed by atoms with Gasteiger partial charge < -0.3 is 19.4 Å². The first-order valence-corrected chi connectivity index (χ1v) is 11.4. The van der Waals surface area contributed by atoms with Crippen LogP contribution in [0.3, 0.4) is 0 Å². The lowest BCUT2D eigenvalue weighted by molar-refractivity contribution is 0.174. The first-order valence-electron chi connectivity index (χ1n) is 11.4. The van der Waals surface area contributed by atoms with Gasteiger partial charge >= 0.3 is 0 Å². The van der Waals surface area contributed by atoms with E-state index in [1.807, 2.05) is 72.8 Å². The lowest BCUT2D eigenvalue weighted by atomic mass is 10.0. The number of hydrogen-bond acceptors (Lipinski definition) is 6. The number of fused-ring (bicyclic) bond motifs is 3. The molecule has 7 heteroatoms. The number of benzene rings is 2. The summed E-state index contributed by atoms with van der Waals surface area (Å²) in [7, 11) is 0. The van der Waals surface area contributed by atoms with Crippen molar-refractivity contribution < 1.29 is 9.47 Å². The third kappa shape index (κ3) is 3.16. The molecule has 5 aromatic rings. The fourth-order valence-corrected chi connectivity index (χ4v) is 5.00. The van der Waals surface area contributed by atoms with E-state index in [0.717, 1.165) is 45.2 Å². The zero-order valence-electron chi connectivity index (χ0n) is 18.6. The van der Waals surface area contributed by atoms with Gasteiger partial charge in [0, 0.05) is 34.4 Å². The van der Waals surface area contributed by atoms with E-state index in [1.54, 1.807) is 12.4 Å². The summed E-state index contributed by atoms with van der Waals surface area (Å²) in [6.07, 6.45) is 3.55. The number of rotatable bonds is 3. The van der Waals surface area contributed by atoms with E-state index in [2.05, 4.69) is 14.9 Å². The van der Waals surface area contributed by atoms with Gasteiger partial charge in [-0.05, 0) is 54.1 Å². The number of ether oxygens (including phenoxy) is 2. The van der Waals surface area contributed by atoms with Gasteiger partial charge in [0.15, 0.2) is 16.9 Å². The molecule has 0 aliphatic carbocycles. The average Bonchev–Trinajstić information content (AvgIpc) is 3.54. The van der Waals surface area contributed by atoms with Crippen LogP contribution in [0.1, 0.15) is 22.9 Å². The number of hydrogen-bond donors (Lipinski definition) is 1. The van der Waals surface area contributed by atoms with E-state index in [-0.39, 0.29) is 18.3 Å². The topological polar surface area (TPSA) is 80.3 Å². The van der Waals surface area contributed by atoms with Gasteiger partial charge in [0.05, 0.1) is 24.0 Å². The maximum Gasteiger partial charge on any atom is 0.231 e. The minimum atomic E-state index is -0.242. The Hall–Kier alpha value is -4.65. The zero-order valence-corrected chi connectivity index (χ0v) is 18.6. The van der Waals surface area contributed by atoms with Crippen LogP contribution in [0, 0.1) is 0 Å². The Kier molecular flexibility index (Phi) is 4.35. The van der Waals surface area contributed by atoms with Crippen molar-refractivity contribution in [3.8, 4) is 22.8 Å². The Morgan fingerprint density at radius 3 is 2.77 bits per heavy atom. The molecule has 170 valence electrons. The predicted molar refractivity (Wildman–Crippen MR) is 133 cm³/mol. The van der Waals surface area contributed by atoms with Crippen LogP contribution >= 0.6 is 0 Å². The highest BCUT2D eigenvalue weighted by Crippen LogP contribution is 2.43. The van der Waals surface area contributed by atoms with Crippen LogP contribution in [0.15, 0.2) is 90.0 Å². The first kappa shape index (κ1) is 19.8. The minimum Gasteiger partial charge on any atom is -0.454 e. The number of nitrogens with zero attached hydrogens (tertiary/aromatic N) is 3. The van der Waals surface area contributed by atoms with Crippen molar-refractivity contribution in [2.45, 2.75) is 12.6 Å². The molecule has 7 rings (SSSR count). The van der Waals surface area contributed by atoms with Crippen molar-refractivity contribution in [3.63, 3.8) is 0 Å². The molecule has 0 saturated carbocycles. The fourth-order valence-electron chi connectivity index (χ4n) is 5.00. The molecule has 2 aromatic carbocycles. The normalized spacial score (nSPS) is 16.0. The molecular weight excluding hydrogens is 440 g/mol. The average molecular weight is 460 g/mol. The van der Waals surface area contributed by atoms with Gasteiger partial charge in [-0.3, -0.25) is 9.78 Å². The second kappa shape index (κ2) is 7.70. The molecule has 7 nitrogen and oxygen atoms in total. The van der Waals surface area contributed by atoms with E-state index in [1.165, 1.54) is 0 Å². The van der Waals surface area contributed by atoms with Crippen LogP contribution in [0.2, 0.25) is 0 Å². The molecule has 2 aliphatic rings. The number of para-hydroxylation sites is 1. The summed E-state index contributed by atoms with van der Waals surface area (Å²) in [5, 5.41) is 0.689. The Labute approximate surface area is 200 Å². The Morgan fingerprint density at radius 2 is 1.86 bits per heavy atom. The van der Waals surface area contributed by atoms with E-state index in [4.69, 9.17) is 14.5 Å². The number of anilines is 1. The summed E-state index contributed by atoms with van der Waals surface area (Å²) in [5.41, 5.74) is 5.25. The third-order valence-electron chi connectivity index (χ3n) is 6.65. The molecular formula is C28H20N4O3. The van der Waals surface area contributed by atoms with Gasteiger partial charge in [-0.25, -0.2) is 4.98 Å². The quantitative estimate of drug-likeness (QED) is 0.416. The Morgan fingerprint density at radius 1 is 0.943 bits per heavy atom. The maximum atomic E-state index is 13.5. The van der Waals surface area contributed by atoms with E-state index in [0.29, 0.717) is 17.7 Å². The van der Waals surface area contributed by atoms with Crippen LogP contribution in [0.4, 0.5) is 5.82 Å². The Bertz CT molecular complexity index is 1650. The summed E-state index contributed by atoms with van der Waals surface area (Å²) in [4.78, 5) is 28.5. The molecule has 0 amide bonds. The van der Waals surface area contributed by atoms with E-state index < -0.39 is 0 Å². The maximum absolute atomic E-state index is 13.5. The van der Waals surface area contributed by atoms with Crippen molar-refractivity contribution in [2.24, 2.45) is 0 Å². The highest BCUT2D eigenvalue weighted by atomic mass is 16.7. The smallest absolute Gasteiger partial charge is 0.231 e. The molecule has 2 aliphatic heterocycles. The minimum absolute atomic E-state index is 0.0472. The summed E-state index contributed by atoms with van der Waals surface area (Å²) in [5.74, 6) is 2.21. The van der Waals surface area contributed by atoms with Gasteiger partial charge in [-0.15, -0.1) is 0 Å². The van der Waals surface area contributed by atoms with Crippen molar-refractivity contribution in [1.82, 2.24) is 15.0 Å². The molecule has 0 fully saturated rings. The SMILES string of the molecule is O=c1c2c([nH]c3ccccc13)C(c1ccc3c(c1)OCO3)N(c1cccc(-c3cccnc3)n1)C2. The highest BCUT2D eigenvalue weighted by Gasteiger charge is 2.36. The number of H-pyrrole nitrogens is 1. The van der Waals surface area contributed by atoms with Crippen LogP contribution < -0.4 is 19.8 Å². The number of aromatic nitrogens is 3. The van der Waals surface area contributed by atoms with Crippen LogP contribution in [-0.2, 0) is 6.54 Å². The zero-order chi connectivity index (χ0) is 23.4. The standard InChI is InChI=1S/C28H20N4O3/c33-28-19-6-1-2-7-22(19)31-26-20(28)15-32(27(26)17-10-11-23-24(13-17)35-16-34-23)25-9-3-8-21(30-25)18-5-4-12-29-14-18/h1-14,27H,15-16H2,(H,31,33). The molecule has 1 N–H and O–H groups in total. The van der Waals surface area contributed by atoms with Crippen molar-refractivity contribution >= 4 is 16.7 Å². The Balaban J connectivity index is 1.42. The van der Waals surface area contributed by atoms with Crippen LogP contribution in [0.25, 0.3) is 22.2 Å². The molecule has 3 aromatic heterocycles. The van der Waals surface area contributed by atoms with Gasteiger partial charge in [0.1, 0.15) is 5.82 Å². The molecule has 1 unspecified atom stereocenters. The molecule has 1 atom stereocenters. The van der Waals surface area contributed by atoms with Crippen molar-refractivity contribution in [3.05, 3.63) is 112 Å². The largest absolute Gasteiger partial charge is 0.454 e. The van der Waals surface area contributed by atoms with Gasteiger partial charge in [-0.2, -0.15) is 0 Å². The number of nitrogens with one attached hydrogen (secondary N) is 1. The van der Waals surface area contributed by atoms with Crippen LogP contribution in [-0.4, -0.2) is 21.7 Å². The molecule has 5 heterocycles. The number of pyridine rings is 3. The van der Waals surface area contributed by atoms with Crippen molar-refractivity contribution in [2.75, 3.05) is 11.7 Å². The lowest BCUT2D eigenvalue weighted by Gasteiger charge is -2.27. The van der Waals surface area contributed by atoms with Gasteiger partial charge in [0.2, 0.25) is 6.79 Å². The molecule has 35 heavy (non-hydrogen) atoms. The van der Waals surface area contributed by atoms with E-state index in [9.17, 15) is 4.79 Å². The third-order valence-corrected chi connectivity index (χ3v) is 6.65. The summed E-state index contributed by atoms with van der Waals surface area (Å²) in [6, 6.07) is 23.2. The first-order chi connectivity index (χ1) is 17.3. The molecule has 0 radical (unpaired) electrons. The lowest BCUT2D eigenvalue weighted by Crippen LogP contribution is -2.24. The van der Waals surface area contributed by atoms with Gasteiger partial charge in [0.25, 0.3) is 0 Å². The molecule has 0 spiro atoms. The second-order valence-corrected chi connectivity index (χ2v) is 8.66.